The molecule has 1 aliphatic heterocycles. The van der Waals surface area contributed by atoms with Gasteiger partial charge in [-0.2, -0.15) is 0 Å². The lowest BCUT2D eigenvalue weighted by atomic mass is 9.98. The predicted molar refractivity (Wildman–Crippen MR) is 97.5 cm³/mol. The Labute approximate surface area is 157 Å². The van der Waals surface area contributed by atoms with Gasteiger partial charge in [0, 0.05) is 5.92 Å². The summed E-state index contributed by atoms with van der Waals surface area (Å²) in [6.45, 7) is 2.04. The highest BCUT2D eigenvalue weighted by Gasteiger charge is 2.39. The van der Waals surface area contributed by atoms with Crippen LogP contribution in [0.2, 0.25) is 0 Å². The molecule has 142 valence electrons. The number of rotatable bonds is 6. The van der Waals surface area contributed by atoms with Crippen LogP contribution in [-0.2, 0) is 27.2 Å². The van der Waals surface area contributed by atoms with E-state index in [4.69, 9.17) is 4.74 Å². The van der Waals surface area contributed by atoms with Crippen LogP contribution in [0.15, 0.2) is 48.5 Å². The monoisotopic (exact) mass is 371 g/mol. The van der Waals surface area contributed by atoms with Crippen LogP contribution in [0.25, 0.3) is 0 Å². The van der Waals surface area contributed by atoms with Crippen LogP contribution in [-0.4, -0.2) is 41.1 Å². The Morgan fingerprint density at radius 3 is 2.70 bits per heavy atom. The third-order valence-electron chi connectivity index (χ3n) is 4.79. The van der Waals surface area contributed by atoms with Gasteiger partial charge in [0.05, 0.1) is 12.6 Å². The molecule has 0 spiro atoms. The average Bonchev–Trinajstić information content (AvgIpc) is 3.07. The van der Waals surface area contributed by atoms with Gasteiger partial charge in [0.15, 0.2) is 24.1 Å². The van der Waals surface area contributed by atoms with Crippen LogP contribution < -0.4 is 0 Å². The highest BCUT2D eigenvalue weighted by atomic mass is 19.1. The third kappa shape index (κ3) is 4.34. The van der Waals surface area contributed by atoms with Gasteiger partial charge in [-0.1, -0.05) is 43.3 Å². The van der Waals surface area contributed by atoms with Crippen molar-refractivity contribution in [3.63, 3.8) is 0 Å². The van der Waals surface area contributed by atoms with Gasteiger partial charge in [0.2, 0.25) is 5.91 Å². The molecule has 1 unspecified atom stereocenters. The minimum absolute atomic E-state index is 0.209. The van der Waals surface area contributed by atoms with Gasteiger partial charge in [0.1, 0.15) is 0 Å². The van der Waals surface area contributed by atoms with Gasteiger partial charge in [-0.05, 0) is 36.1 Å². The Kier molecular flexibility index (Phi) is 5.86. The minimum Gasteiger partial charge on any atom is -0.505 e. The maximum atomic E-state index is 13.5. The predicted octanol–water partition coefficient (Wildman–Crippen LogP) is 2.71. The second kappa shape index (κ2) is 8.31. The van der Waals surface area contributed by atoms with E-state index in [1.807, 2.05) is 30.3 Å². The molecule has 1 heterocycles. The van der Waals surface area contributed by atoms with E-state index in [1.165, 1.54) is 17.0 Å². The minimum atomic E-state index is -0.898. The van der Waals surface area contributed by atoms with Gasteiger partial charge in [-0.25, -0.2) is 4.39 Å². The Hall–Kier alpha value is -2.73. The molecule has 1 aliphatic rings. The Morgan fingerprint density at radius 1 is 1.30 bits per heavy atom. The topological polar surface area (TPSA) is 66.8 Å². The number of hydrogen-bond acceptors (Lipinski definition) is 4. The molecule has 5 nitrogen and oxygen atoms in total. The summed E-state index contributed by atoms with van der Waals surface area (Å²) in [6, 6.07) is 13.6. The molecule has 2 aromatic rings. The van der Waals surface area contributed by atoms with Crippen LogP contribution in [0.5, 0.6) is 5.75 Å². The van der Waals surface area contributed by atoms with Crippen LogP contribution in [0.4, 0.5) is 4.39 Å². The zero-order valence-corrected chi connectivity index (χ0v) is 15.0. The number of ether oxygens (including phenoxy) is 1. The molecule has 0 aliphatic carbocycles. The summed E-state index contributed by atoms with van der Waals surface area (Å²) >= 11 is 0. The van der Waals surface area contributed by atoms with Gasteiger partial charge in [0.25, 0.3) is 0 Å². The molecule has 1 saturated heterocycles. The normalized spacial score (nSPS) is 20.4. The molecule has 0 saturated carbocycles. The smallest absolute Gasteiger partial charge is 0.228 e. The fourth-order valence-electron chi connectivity index (χ4n) is 3.40. The van der Waals surface area contributed by atoms with E-state index in [1.54, 1.807) is 13.0 Å². The Bertz CT molecular complexity index is 811. The van der Waals surface area contributed by atoms with E-state index in [0.717, 1.165) is 5.56 Å². The zero-order valence-electron chi connectivity index (χ0n) is 15.0. The number of phenols is 1. The number of halogens is 1. The van der Waals surface area contributed by atoms with Gasteiger partial charge in [-0.15, -0.1) is 0 Å². The van der Waals surface area contributed by atoms with Crippen molar-refractivity contribution in [3.05, 3.63) is 65.5 Å². The quantitative estimate of drug-likeness (QED) is 0.793. The molecule has 0 aromatic heterocycles. The number of amides is 1. The first kappa shape index (κ1) is 19.0. The van der Waals surface area contributed by atoms with Crippen LogP contribution in [0.1, 0.15) is 18.1 Å². The maximum Gasteiger partial charge on any atom is 0.228 e. The van der Waals surface area contributed by atoms with E-state index in [2.05, 4.69) is 0 Å². The number of carbonyl (C=O) groups is 2. The highest BCUT2D eigenvalue weighted by Crippen LogP contribution is 2.24. The number of phenolic OH excluding ortho intramolecular Hbond substituents is 1. The molecule has 3 atom stereocenters. The number of aldehydes is 1. The molecule has 6 heteroatoms. The summed E-state index contributed by atoms with van der Waals surface area (Å²) in [5, 5.41) is 9.30. The second-order valence-electron chi connectivity index (χ2n) is 6.84. The molecule has 27 heavy (non-hydrogen) atoms. The molecule has 3 rings (SSSR count). The molecule has 0 bridgehead atoms. The number of aromatic hydroxyl groups is 1. The molecule has 1 fully saturated rings. The molecule has 0 radical (unpaired) electrons. The fraction of sp³-hybridized carbons (Fsp3) is 0.333. The highest BCUT2D eigenvalue weighted by molar-refractivity contribution is 5.82. The SMILES string of the molecule is C[C@H](Cc1ccc(O)c(F)c1)C(=O)N1C(C=O)OC[C@H]1Cc1ccccc1. The van der Waals surface area contributed by atoms with Crippen molar-refractivity contribution in [3.8, 4) is 5.75 Å². The molecule has 2 aromatic carbocycles. The number of carbonyl (C=O) groups excluding carboxylic acids is 2. The third-order valence-corrected chi connectivity index (χ3v) is 4.79. The van der Waals surface area contributed by atoms with E-state index in [9.17, 15) is 19.1 Å². The summed E-state index contributed by atoms with van der Waals surface area (Å²) in [7, 11) is 0. The molecule has 1 N–H and O–H groups in total. The van der Waals surface area contributed by atoms with Crippen molar-refractivity contribution in [1.29, 1.82) is 0 Å². The molecular weight excluding hydrogens is 349 g/mol. The van der Waals surface area contributed by atoms with E-state index < -0.39 is 23.7 Å². The molecule has 1 amide bonds. The van der Waals surface area contributed by atoms with Crippen molar-refractivity contribution >= 4 is 12.2 Å². The number of benzene rings is 2. The summed E-state index contributed by atoms with van der Waals surface area (Å²) in [5.74, 6) is -1.81. The van der Waals surface area contributed by atoms with Crippen molar-refractivity contribution in [2.24, 2.45) is 5.92 Å². The number of nitrogens with zero attached hydrogens (tertiary/aromatic N) is 1. The average molecular weight is 371 g/mol. The standard InChI is InChI=1S/C21H22FNO4/c1-14(9-16-7-8-19(25)18(22)11-16)21(26)23-17(13-27-20(23)12-24)10-15-5-3-2-4-6-15/h2-8,11-12,14,17,20,25H,9-10,13H2,1H3/t14-,17-,20?/m1/s1. The van der Waals surface area contributed by atoms with Gasteiger partial charge >= 0.3 is 0 Å². The maximum absolute atomic E-state index is 13.5. The largest absolute Gasteiger partial charge is 0.505 e. The summed E-state index contributed by atoms with van der Waals surface area (Å²) in [5.41, 5.74) is 1.66. The van der Waals surface area contributed by atoms with Gasteiger partial charge < -0.3 is 14.7 Å². The lowest BCUT2D eigenvalue weighted by Crippen LogP contribution is -2.46. The van der Waals surface area contributed by atoms with Gasteiger partial charge in [-0.3, -0.25) is 9.59 Å². The van der Waals surface area contributed by atoms with E-state index >= 15 is 0 Å². The number of hydrogen-bond donors (Lipinski definition) is 1. The van der Waals surface area contributed by atoms with Crippen molar-refractivity contribution in [2.75, 3.05) is 6.61 Å². The van der Waals surface area contributed by atoms with Crippen LogP contribution in [0, 0.1) is 11.7 Å². The lowest BCUT2D eigenvalue weighted by Gasteiger charge is -2.28. The second-order valence-corrected chi connectivity index (χ2v) is 6.84. The Morgan fingerprint density at radius 2 is 2.04 bits per heavy atom. The fourth-order valence-corrected chi connectivity index (χ4v) is 3.40. The summed E-state index contributed by atoms with van der Waals surface area (Å²) in [4.78, 5) is 25.9. The summed E-state index contributed by atoms with van der Waals surface area (Å²) in [6.07, 6.45) is 0.633. The first-order valence-electron chi connectivity index (χ1n) is 8.90. The van der Waals surface area contributed by atoms with Crippen molar-refractivity contribution in [1.82, 2.24) is 4.90 Å². The van der Waals surface area contributed by atoms with Crippen molar-refractivity contribution < 1.29 is 23.8 Å². The first-order chi connectivity index (χ1) is 13.0. The molecular formula is C21H22FNO4. The van der Waals surface area contributed by atoms with E-state index in [-0.39, 0.29) is 11.9 Å². The zero-order chi connectivity index (χ0) is 19.4. The van der Waals surface area contributed by atoms with E-state index in [0.29, 0.717) is 31.3 Å². The summed E-state index contributed by atoms with van der Waals surface area (Å²) < 4.78 is 19.0. The first-order valence-corrected chi connectivity index (χ1v) is 8.90. The van der Waals surface area contributed by atoms with Crippen LogP contribution >= 0.6 is 0 Å². The van der Waals surface area contributed by atoms with Crippen LogP contribution in [0.3, 0.4) is 0 Å². The lowest BCUT2D eigenvalue weighted by molar-refractivity contribution is -0.145. The Balaban J connectivity index is 1.74. The van der Waals surface area contributed by atoms with Crippen molar-refractivity contribution in [2.45, 2.75) is 32.0 Å².